The molecule has 0 radical (unpaired) electrons. The summed E-state index contributed by atoms with van der Waals surface area (Å²) in [5.41, 5.74) is 0. The number of piperidine rings is 1. The Balaban J connectivity index is 2.66. The van der Waals surface area contributed by atoms with Crippen molar-refractivity contribution in [3.8, 4) is 12.3 Å². The van der Waals surface area contributed by atoms with Gasteiger partial charge in [-0.25, -0.2) is 0 Å². The molecule has 0 aromatic heterocycles. The minimum atomic E-state index is -3.37. The van der Waals surface area contributed by atoms with Gasteiger partial charge in [0.25, 0.3) is 10.2 Å². The molecule has 0 spiro atoms. The fourth-order valence-corrected chi connectivity index (χ4v) is 3.65. The van der Waals surface area contributed by atoms with Crippen molar-refractivity contribution in [3.05, 3.63) is 0 Å². The Hall–Kier alpha value is -0.570. The predicted octanol–water partition coefficient (Wildman–Crippen LogP) is 1.11. The van der Waals surface area contributed by atoms with Gasteiger partial charge in [-0.3, -0.25) is 0 Å². The molecule has 1 heterocycles. The zero-order chi connectivity index (χ0) is 12.2. The van der Waals surface area contributed by atoms with E-state index in [4.69, 9.17) is 6.42 Å². The maximum Gasteiger partial charge on any atom is 0.279 e. The zero-order valence-corrected chi connectivity index (χ0v) is 10.8. The summed E-state index contributed by atoms with van der Waals surface area (Å²) in [6.45, 7) is 4.34. The third-order valence-electron chi connectivity index (χ3n) is 2.82. The molecule has 1 fully saturated rings. The molecule has 2 atom stereocenters. The molecule has 16 heavy (non-hydrogen) atoms. The Morgan fingerprint density at radius 2 is 2.25 bits per heavy atom. The molecule has 1 aliphatic heterocycles. The summed E-state index contributed by atoms with van der Waals surface area (Å²) in [6.07, 6.45) is 8.55. The van der Waals surface area contributed by atoms with Crippen molar-refractivity contribution >= 4 is 10.2 Å². The third kappa shape index (κ3) is 3.48. The van der Waals surface area contributed by atoms with E-state index in [1.807, 2.05) is 6.92 Å². The molecule has 5 heteroatoms. The molecular formula is C11H20N2O2S. The number of terminal acetylenes is 1. The van der Waals surface area contributed by atoms with E-state index < -0.39 is 10.2 Å². The molecule has 0 aromatic rings. The van der Waals surface area contributed by atoms with E-state index in [9.17, 15) is 8.42 Å². The van der Waals surface area contributed by atoms with Gasteiger partial charge in [0, 0.05) is 25.0 Å². The second kappa shape index (κ2) is 5.67. The lowest BCUT2D eigenvalue weighted by molar-refractivity contribution is 0.264. The fraction of sp³-hybridized carbons (Fsp3) is 0.818. The molecule has 0 amide bonds. The second-order valence-corrected chi connectivity index (χ2v) is 6.04. The summed E-state index contributed by atoms with van der Waals surface area (Å²) < 4.78 is 28.2. The molecule has 92 valence electrons. The zero-order valence-electron chi connectivity index (χ0n) is 9.94. The summed E-state index contributed by atoms with van der Waals surface area (Å²) in [7, 11) is -3.37. The first-order chi connectivity index (χ1) is 7.47. The van der Waals surface area contributed by atoms with Crippen LogP contribution < -0.4 is 4.72 Å². The van der Waals surface area contributed by atoms with Crippen LogP contribution in [0.1, 0.15) is 39.5 Å². The molecule has 2 unspecified atom stereocenters. The van der Waals surface area contributed by atoms with Gasteiger partial charge in [0.05, 0.1) is 0 Å². The van der Waals surface area contributed by atoms with Crippen molar-refractivity contribution < 1.29 is 8.42 Å². The molecule has 1 rings (SSSR count). The van der Waals surface area contributed by atoms with Gasteiger partial charge in [0.15, 0.2) is 0 Å². The summed E-state index contributed by atoms with van der Waals surface area (Å²) in [5, 5.41) is 0. The maximum atomic E-state index is 12.0. The van der Waals surface area contributed by atoms with Crippen LogP contribution in [0, 0.1) is 12.3 Å². The predicted molar refractivity (Wildman–Crippen MR) is 65.0 cm³/mol. The van der Waals surface area contributed by atoms with Gasteiger partial charge in [-0.05, 0) is 26.7 Å². The minimum absolute atomic E-state index is 0.0873. The molecule has 4 nitrogen and oxygen atoms in total. The smallest absolute Gasteiger partial charge is 0.198 e. The van der Waals surface area contributed by atoms with Crippen LogP contribution in [-0.2, 0) is 10.2 Å². The Kier molecular flexibility index (Phi) is 4.78. The van der Waals surface area contributed by atoms with Gasteiger partial charge in [-0.15, -0.1) is 12.3 Å². The summed E-state index contributed by atoms with van der Waals surface area (Å²) in [6, 6.07) is -0.117. The highest BCUT2D eigenvalue weighted by Crippen LogP contribution is 2.19. The van der Waals surface area contributed by atoms with E-state index in [-0.39, 0.29) is 12.1 Å². The Morgan fingerprint density at radius 1 is 1.56 bits per heavy atom. The van der Waals surface area contributed by atoms with Crippen molar-refractivity contribution in [2.45, 2.75) is 51.6 Å². The van der Waals surface area contributed by atoms with E-state index in [1.165, 1.54) is 0 Å². The van der Waals surface area contributed by atoms with E-state index in [2.05, 4.69) is 10.6 Å². The number of rotatable bonds is 4. The molecule has 1 N–H and O–H groups in total. The largest absolute Gasteiger partial charge is 0.279 e. The van der Waals surface area contributed by atoms with E-state index in [1.54, 1.807) is 11.2 Å². The molecule has 0 bridgehead atoms. The number of nitrogens with zero attached hydrogens (tertiary/aromatic N) is 1. The second-order valence-electron chi connectivity index (χ2n) is 4.39. The van der Waals surface area contributed by atoms with Crippen molar-refractivity contribution in [2.75, 3.05) is 6.54 Å². The average Bonchev–Trinajstić information content (AvgIpc) is 2.17. The van der Waals surface area contributed by atoms with Crippen molar-refractivity contribution in [2.24, 2.45) is 0 Å². The van der Waals surface area contributed by atoms with Crippen LogP contribution in [0.3, 0.4) is 0 Å². The van der Waals surface area contributed by atoms with Crippen LogP contribution in [0.25, 0.3) is 0 Å². The van der Waals surface area contributed by atoms with Gasteiger partial charge in [-0.1, -0.05) is 6.42 Å². The first-order valence-corrected chi connectivity index (χ1v) is 7.14. The van der Waals surface area contributed by atoms with Gasteiger partial charge >= 0.3 is 0 Å². The highest BCUT2D eigenvalue weighted by Gasteiger charge is 2.29. The topological polar surface area (TPSA) is 49.4 Å². The molecule has 1 aliphatic rings. The maximum absolute atomic E-state index is 12.0. The van der Waals surface area contributed by atoms with Crippen LogP contribution >= 0.6 is 0 Å². The Labute approximate surface area is 98.6 Å². The van der Waals surface area contributed by atoms with Crippen molar-refractivity contribution in [1.29, 1.82) is 0 Å². The van der Waals surface area contributed by atoms with Gasteiger partial charge in [0.2, 0.25) is 0 Å². The Morgan fingerprint density at radius 3 is 2.81 bits per heavy atom. The number of nitrogens with one attached hydrogen (secondary N) is 1. The molecule has 0 aliphatic carbocycles. The first-order valence-electron chi connectivity index (χ1n) is 5.70. The highest BCUT2D eigenvalue weighted by molar-refractivity contribution is 7.87. The van der Waals surface area contributed by atoms with E-state index in [0.717, 1.165) is 19.3 Å². The SMILES string of the molecule is C#CCC(C)NS(=O)(=O)N1CCCCC1C. The molecule has 0 saturated carbocycles. The molecule has 0 aromatic carbocycles. The number of hydrogen-bond donors (Lipinski definition) is 1. The van der Waals surface area contributed by atoms with Crippen LogP contribution in [0.15, 0.2) is 0 Å². The van der Waals surface area contributed by atoms with Gasteiger partial charge in [0.1, 0.15) is 0 Å². The van der Waals surface area contributed by atoms with Gasteiger partial charge < -0.3 is 0 Å². The van der Waals surface area contributed by atoms with Crippen molar-refractivity contribution in [1.82, 2.24) is 9.03 Å². The van der Waals surface area contributed by atoms with E-state index in [0.29, 0.717) is 13.0 Å². The first kappa shape index (κ1) is 13.5. The summed E-state index contributed by atoms with van der Waals surface area (Å²) in [5.74, 6) is 2.46. The standard InChI is InChI=1S/C11H20N2O2S/c1-4-7-10(2)12-16(14,15)13-9-6-5-8-11(13)3/h1,10-12H,5-9H2,2-3H3. The minimum Gasteiger partial charge on any atom is -0.198 e. The normalized spacial score (nSPS) is 24.9. The third-order valence-corrected chi connectivity index (χ3v) is 4.69. The van der Waals surface area contributed by atoms with Crippen LogP contribution in [0.4, 0.5) is 0 Å². The van der Waals surface area contributed by atoms with E-state index >= 15 is 0 Å². The lowest BCUT2D eigenvalue weighted by Crippen LogP contribution is -2.50. The summed E-state index contributed by atoms with van der Waals surface area (Å²) in [4.78, 5) is 0. The highest BCUT2D eigenvalue weighted by atomic mass is 32.2. The average molecular weight is 244 g/mol. The molecular weight excluding hydrogens is 224 g/mol. The fourth-order valence-electron chi connectivity index (χ4n) is 1.97. The van der Waals surface area contributed by atoms with Crippen LogP contribution in [-0.4, -0.2) is 31.4 Å². The van der Waals surface area contributed by atoms with Crippen LogP contribution in [0.2, 0.25) is 0 Å². The lowest BCUT2D eigenvalue weighted by Gasteiger charge is -2.33. The Bertz CT molecular complexity index is 359. The lowest BCUT2D eigenvalue weighted by atomic mass is 10.1. The monoisotopic (exact) mass is 244 g/mol. The number of hydrogen-bond acceptors (Lipinski definition) is 2. The van der Waals surface area contributed by atoms with Crippen molar-refractivity contribution in [3.63, 3.8) is 0 Å². The quantitative estimate of drug-likeness (QED) is 0.753. The van der Waals surface area contributed by atoms with Gasteiger partial charge in [-0.2, -0.15) is 17.4 Å². The van der Waals surface area contributed by atoms with Crippen LogP contribution in [0.5, 0.6) is 0 Å². The summed E-state index contributed by atoms with van der Waals surface area (Å²) >= 11 is 0. The molecule has 1 saturated heterocycles.